The van der Waals surface area contributed by atoms with Crippen LogP contribution in [0, 0.1) is 5.41 Å². The molecule has 23 heavy (non-hydrogen) atoms. The van der Waals surface area contributed by atoms with Gasteiger partial charge < -0.3 is 19.7 Å². The van der Waals surface area contributed by atoms with E-state index in [2.05, 4.69) is 21.3 Å². The molecule has 0 amide bonds. The van der Waals surface area contributed by atoms with Crippen LogP contribution >= 0.6 is 0 Å². The standard InChI is InChI=1S/C18H27N3O2/c1-19-17(21-10-9-18(13-21)7-4-8-18)20-12-14-5-6-15(22-2)16(11-14)23-3/h5-6,11H,4,7-10,12-13H2,1-3H3,(H,19,20). The van der Waals surface area contributed by atoms with Crippen molar-refractivity contribution >= 4 is 5.96 Å². The van der Waals surface area contributed by atoms with E-state index in [1.165, 1.54) is 25.7 Å². The van der Waals surface area contributed by atoms with Gasteiger partial charge in [0.05, 0.1) is 14.2 Å². The number of methoxy groups -OCH3 is 2. The van der Waals surface area contributed by atoms with Crippen LogP contribution in [0.5, 0.6) is 11.5 Å². The Balaban J connectivity index is 1.60. The summed E-state index contributed by atoms with van der Waals surface area (Å²) in [6, 6.07) is 6.01. The van der Waals surface area contributed by atoms with Crippen molar-refractivity contribution in [2.24, 2.45) is 10.4 Å². The van der Waals surface area contributed by atoms with E-state index >= 15 is 0 Å². The number of nitrogens with one attached hydrogen (secondary N) is 1. The van der Waals surface area contributed by atoms with Crippen molar-refractivity contribution < 1.29 is 9.47 Å². The second-order valence-electron chi connectivity index (χ2n) is 6.62. The van der Waals surface area contributed by atoms with Crippen LogP contribution in [0.4, 0.5) is 0 Å². The van der Waals surface area contributed by atoms with Gasteiger partial charge >= 0.3 is 0 Å². The first-order valence-electron chi connectivity index (χ1n) is 8.36. The molecule has 0 radical (unpaired) electrons. The molecule has 5 nitrogen and oxygen atoms in total. The molecule has 0 bridgehead atoms. The Morgan fingerprint density at radius 1 is 1.22 bits per heavy atom. The summed E-state index contributed by atoms with van der Waals surface area (Å²) in [4.78, 5) is 6.86. The Labute approximate surface area is 138 Å². The molecule has 1 aliphatic carbocycles. The fraction of sp³-hybridized carbons (Fsp3) is 0.611. The van der Waals surface area contributed by atoms with E-state index < -0.39 is 0 Å². The van der Waals surface area contributed by atoms with Crippen LogP contribution in [0.1, 0.15) is 31.2 Å². The van der Waals surface area contributed by atoms with E-state index in [9.17, 15) is 0 Å². The van der Waals surface area contributed by atoms with Gasteiger partial charge in [0.25, 0.3) is 0 Å². The van der Waals surface area contributed by atoms with Gasteiger partial charge in [0.2, 0.25) is 0 Å². The van der Waals surface area contributed by atoms with Crippen LogP contribution in [0.2, 0.25) is 0 Å². The lowest BCUT2D eigenvalue weighted by atomic mass is 9.68. The third-order valence-electron chi connectivity index (χ3n) is 5.26. The zero-order chi connectivity index (χ0) is 16.3. The molecule has 126 valence electrons. The molecular weight excluding hydrogens is 290 g/mol. The van der Waals surface area contributed by atoms with Gasteiger partial charge in [-0.15, -0.1) is 0 Å². The molecule has 0 atom stereocenters. The maximum atomic E-state index is 5.37. The van der Waals surface area contributed by atoms with Crippen LogP contribution < -0.4 is 14.8 Å². The summed E-state index contributed by atoms with van der Waals surface area (Å²) in [5, 5.41) is 3.48. The molecule has 1 spiro atoms. The Morgan fingerprint density at radius 2 is 2.00 bits per heavy atom. The van der Waals surface area contributed by atoms with Crippen molar-refractivity contribution in [2.75, 3.05) is 34.4 Å². The molecule has 0 aromatic heterocycles. The SMILES string of the molecule is CN=C(NCc1ccc(OC)c(OC)c1)N1CCC2(CCC2)C1. The molecule has 1 aliphatic heterocycles. The molecule has 1 aromatic carbocycles. The first-order chi connectivity index (χ1) is 11.2. The fourth-order valence-electron chi connectivity index (χ4n) is 3.70. The van der Waals surface area contributed by atoms with E-state index in [1.807, 2.05) is 19.2 Å². The van der Waals surface area contributed by atoms with E-state index in [0.29, 0.717) is 5.41 Å². The molecule has 2 fully saturated rings. The summed E-state index contributed by atoms with van der Waals surface area (Å²) < 4.78 is 10.6. The minimum Gasteiger partial charge on any atom is -0.493 e. The van der Waals surface area contributed by atoms with Gasteiger partial charge in [0.15, 0.2) is 17.5 Å². The van der Waals surface area contributed by atoms with Gasteiger partial charge in [-0.25, -0.2) is 0 Å². The number of nitrogens with zero attached hydrogens (tertiary/aromatic N) is 2. The number of hydrogen-bond acceptors (Lipinski definition) is 3. The second kappa shape index (κ2) is 6.69. The molecule has 1 heterocycles. The molecule has 1 saturated carbocycles. The molecule has 2 aliphatic rings. The number of guanidine groups is 1. The molecular formula is C18H27N3O2. The quantitative estimate of drug-likeness (QED) is 0.685. The van der Waals surface area contributed by atoms with Crippen molar-refractivity contribution in [3.63, 3.8) is 0 Å². The minimum atomic E-state index is 0.584. The highest BCUT2D eigenvalue weighted by atomic mass is 16.5. The molecule has 1 N–H and O–H groups in total. The first kappa shape index (κ1) is 16.0. The van der Waals surface area contributed by atoms with Crippen molar-refractivity contribution in [3.05, 3.63) is 23.8 Å². The third kappa shape index (κ3) is 3.23. The third-order valence-corrected chi connectivity index (χ3v) is 5.26. The van der Waals surface area contributed by atoms with E-state index in [-0.39, 0.29) is 0 Å². The molecule has 0 unspecified atom stereocenters. The number of hydrogen-bond donors (Lipinski definition) is 1. The zero-order valence-electron chi connectivity index (χ0n) is 14.4. The van der Waals surface area contributed by atoms with Crippen LogP contribution in [0.3, 0.4) is 0 Å². The summed E-state index contributed by atoms with van der Waals surface area (Å²) in [6.45, 7) is 3.00. The maximum absolute atomic E-state index is 5.37. The molecule has 1 saturated heterocycles. The number of likely N-dealkylation sites (tertiary alicyclic amines) is 1. The van der Waals surface area contributed by atoms with Crippen LogP contribution in [0.25, 0.3) is 0 Å². The van der Waals surface area contributed by atoms with Crippen molar-refractivity contribution in [1.82, 2.24) is 10.2 Å². The smallest absolute Gasteiger partial charge is 0.193 e. The first-order valence-corrected chi connectivity index (χ1v) is 8.36. The van der Waals surface area contributed by atoms with Gasteiger partial charge in [0.1, 0.15) is 0 Å². The Hall–Kier alpha value is -1.91. The van der Waals surface area contributed by atoms with Crippen molar-refractivity contribution in [2.45, 2.75) is 32.2 Å². The lowest BCUT2D eigenvalue weighted by molar-refractivity contribution is 0.151. The topological polar surface area (TPSA) is 46.1 Å². The van der Waals surface area contributed by atoms with Crippen LogP contribution in [-0.4, -0.2) is 45.2 Å². The Morgan fingerprint density at radius 3 is 2.57 bits per heavy atom. The summed E-state index contributed by atoms with van der Waals surface area (Å²) in [6.07, 6.45) is 5.47. The van der Waals surface area contributed by atoms with Crippen LogP contribution in [-0.2, 0) is 6.54 Å². The van der Waals surface area contributed by atoms with Crippen molar-refractivity contribution in [3.8, 4) is 11.5 Å². The van der Waals surface area contributed by atoms with E-state index in [1.54, 1.807) is 14.2 Å². The number of rotatable bonds is 4. The molecule has 5 heteroatoms. The predicted octanol–water partition coefficient (Wildman–Crippen LogP) is 2.66. The maximum Gasteiger partial charge on any atom is 0.193 e. The summed E-state index contributed by atoms with van der Waals surface area (Å²) in [7, 11) is 5.18. The highest BCUT2D eigenvalue weighted by Gasteiger charge is 2.43. The number of aliphatic imine (C=N–C) groups is 1. The van der Waals surface area contributed by atoms with Gasteiger partial charge in [-0.3, -0.25) is 4.99 Å². The normalized spacial score (nSPS) is 19.6. The van der Waals surface area contributed by atoms with Gasteiger partial charge in [-0.1, -0.05) is 12.5 Å². The lowest BCUT2D eigenvalue weighted by Crippen LogP contribution is -2.42. The fourth-order valence-corrected chi connectivity index (χ4v) is 3.70. The number of benzene rings is 1. The number of ether oxygens (including phenoxy) is 2. The zero-order valence-corrected chi connectivity index (χ0v) is 14.4. The minimum absolute atomic E-state index is 0.584. The predicted molar refractivity (Wildman–Crippen MR) is 92.2 cm³/mol. The highest BCUT2D eigenvalue weighted by molar-refractivity contribution is 5.80. The van der Waals surface area contributed by atoms with Gasteiger partial charge in [-0.2, -0.15) is 0 Å². The molecule has 3 rings (SSSR count). The Kier molecular flexibility index (Phi) is 4.64. The van der Waals surface area contributed by atoms with E-state index in [0.717, 1.165) is 42.7 Å². The van der Waals surface area contributed by atoms with Crippen LogP contribution in [0.15, 0.2) is 23.2 Å². The highest BCUT2D eigenvalue weighted by Crippen LogP contribution is 2.47. The average Bonchev–Trinajstić information content (AvgIpc) is 3.01. The van der Waals surface area contributed by atoms with Gasteiger partial charge in [0, 0.05) is 26.7 Å². The largest absolute Gasteiger partial charge is 0.493 e. The Bertz CT molecular complexity index is 582. The molecule has 1 aromatic rings. The van der Waals surface area contributed by atoms with Crippen molar-refractivity contribution in [1.29, 1.82) is 0 Å². The van der Waals surface area contributed by atoms with Gasteiger partial charge in [-0.05, 0) is 42.4 Å². The average molecular weight is 317 g/mol. The lowest BCUT2D eigenvalue weighted by Gasteiger charge is -2.38. The summed E-state index contributed by atoms with van der Waals surface area (Å²) >= 11 is 0. The summed E-state index contributed by atoms with van der Waals surface area (Å²) in [5.41, 5.74) is 1.74. The second-order valence-corrected chi connectivity index (χ2v) is 6.62. The van der Waals surface area contributed by atoms with E-state index in [4.69, 9.17) is 9.47 Å². The summed E-state index contributed by atoms with van der Waals surface area (Å²) in [5.74, 6) is 2.52. The monoisotopic (exact) mass is 317 g/mol.